The minimum absolute atomic E-state index is 0.516. The van der Waals surface area contributed by atoms with Crippen molar-refractivity contribution in [3.05, 3.63) is 65.0 Å². The van der Waals surface area contributed by atoms with Crippen LogP contribution in [0.2, 0.25) is 0 Å². The number of nitrogen functional groups attached to an aromatic ring is 1. The van der Waals surface area contributed by atoms with Crippen molar-refractivity contribution in [2.45, 2.75) is 20.3 Å². The second-order valence-electron chi connectivity index (χ2n) is 5.20. The molecule has 0 saturated heterocycles. The second kappa shape index (κ2) is 5.40. The van der Waals surface area contributed by atoms with Gasteiger partial charge >= 0.3 is 0 Å². The molecule has 3 rings (SSSR count). The van der Waals surface area contributed by atoms with Crippen molar-refractivity contribution in [1.29, 1.82) is 0 Å². The van der Waals surface area contributed by atoms with Crippen molar-refractivity contribution in [1.82, 2.24) is 10.1 Å². The first-order valence-corrected chi connectivity index (χ1v) is 6.87. The third kappa shape index (κ3) is 2.79. The molecule has 2 aromatic carbocycles. The van der Waals surface area contributed by atoms with Gasteiger partial charge in [-0.15, -0.1) is 0 Å². The highest BCUT2D eigenvalue weighted by molar-refractivity contribution is 5.66. The fraction of sp³-hybridized carbons (Fsp3) is 0.176. The molecule has 0 fully saturated rings. The maximum atomic E-state index is 5.91. The fourth-order valence-electron chi connectivity index (χ4n) is 2.21. The lowest BCUT2D eigenvalue weighted by Gasteiger charge is -2.03. The van der Waals surface area contributed by atoms with Gasteiger partial charge in [0.05, 0.1) is 0 Å². The van der Waals surface area contributed by atoms with Crippen LogP contribution in [0.1, 0.15) is 22.5 Å². The van der Waals surface area contributed by atoms with Gasteiger partial charge in [0.1, 0.15) is 0 Å². The quantitative estimate of drug-likeness (QED) is 0.745. The van der Waals surface area contributed by atoms with Gasteiger partial charge in [0.2, 0.25) is 0 Å². The number of aryl methyl sites for hydroxylation is 1. The van der Waals surface area contributed by atoms with Crippen LogP contribution in [0.5, 0.6) is 0 Å². The summed E-state index contributed by atoms with van der Waals surface area (Å²) in [6.45, 7) is 4.02. The molecule has 2 N–H and O–H groups in total. The van der Waals surface area contributed by atoms with E-state index in [-0.39, 0.29) is 0 Å². The van der Waals surface area contributed by atoms with E-state index >= 15 is 0 Å². The molecule has 0 atom stereocenters. The summed E-state index contributed by atoms with van der Waals surface area (Å²) in [5.41, 5.74) is 10.9. The van der Waals surface area contributed by atoms with E-state index in [9.17, 15) is 0 Å². The average Bonchev–Trinajstić information content (AvgIpc) is 2.93. The normalized spacial score (nSPS) is 10.8. The van der Waals surface area contributed by atoms with Gasteiger partial charge in [0, 0.05) is 17.7 Å². The van der Waals surface area contributed by atoms with E-state index in [1.54, 1.807) is 0 Å². The number of nitrogens with zero attached hydrogens (tertiary/aromatic N) is 2. The average molecular weight is 279 g/mol. The Bertz CT molecular complexity index is 760. The smallest absolute Gasteiger partial charge is 0.258 e. The molecule has 1 heterocycles. The topological polar surface area (TPSA) is 64.9 Å². The largest absolute Gasteiger partial charge is 0.398 e. The Balaban J connectivity index is 1.86. The molecular formula is C17H17N3O. The number of hydrogen-bond acceptors (Lipinski definition) is 4. The van der Waals surface area contributed by atoms with E-state index < -0.39 is 0 Å². The molecule has 0 bridgehead atoms. The van der Waals surface area contributed by atoms with Crippen molar-refractivity contribution < 1.29 is 4.52 Å². The van der Waals surface area contributed by atoms with Gasteiger partial charge in [-0.25, -0.2) is 0 Å². The molecule has 0 spiro atoms. The van der Waals surface area contributed by atoms with E-state index in [2.05, 4.69) is 41.3 Å². The summed E-state index contributed by atoms with van der Waals surface area (Å²) in [6.07, 6.45) is 0.658. The third-order valence-corrected chi connectivity index (χ3v) is 3.56. The molecule has 4 nitrogen and oxygen atoms in total. The highest BCUT2D eigenvalue weighted by Gasteiger charge is 2.12. The summed E-state index contributed by atoms with van der Waals surface area (Å²) in [5.74, 6) is 1.19. The standard InChI is InChI=1S/C17H17N3O/c1-11-6-8-13(9-7-11)10-16-19-17(21-20-16)14-4-3-5-15(18)12(14)2/h3-9H,10,18H2,1-2H3. The Labute approximate surface area is 123 Å². The minimum Gasteiger partial charge on any atom is -0.398 e. The third-order valence-electron chi connectivity index (χ3n) is 3.56. The number of aromatic nitrogens is 2. The molecule has 0 radical (unpaired) electrons. The molecule has 21 heavy (non-hydrogen) atoms. The first-order chi connectivity index (χ1) is 10.1. The van der Waals surface area contributed by atoms with Crippen LogP contribution in [0.15, 0.2) is 47.0 Å². The van der Waals surface area contributed by atoms with E-state index in [4.69, 9.17) is 10.3 Å². The van der Waals surface area contributed by atoms with Crippen LogP contribution >= 0.6 is 0 Å². The molecule has 106 valence electrons. The number of rotatable bonds is 3. The highest BCUT2D eigenvalue weighted by Crippen LogP contribution is 2.25. The summed E-state index contributed by atoms with van der Waals surface area (Å²) in [4.78, 5) is 4.47. The van der Waals surface area contributed by atoms with Crippen LogP contribution in [0, 0.1) is 13.8 Å². The van der Waals surface area contributed by atoms with Crippen LogP contribution in [0.4, 0.5) is 5.69 Å². The predicted molar refractivity (Wildman–Crippen MR) is 82.9 cm³/mol. The van der Waals surface area contributed by atoms with E-state index in [0.717, 1.165) is 22.4 Å². The molecule has 0 aliphatic rings. The Morgan fingerprint density at radius 3 is 2.57 bits per heavy atom. The van der Waals surface area contributed by atoms with Gasteiger partial charge < -0.3 is 10.3 Å². The summed E-state index contributed by atoms with van der Waals surface area (Å²) in [7, 11) is 0. The SMILES string of the molecule is Cc1ccc(Cc2noc(-c3cccc(N)c3C)n2)cc1. The molecule has 0 unspecified atom stereocenters. The van der Waals surface area contributed by atoms with Crippen LogP contribution < -0.4 is 5.73 Å². The molecule has 1 aromatic heterocycles. The molecule has 3 aromatic rings. The molecular weight excluding hydrogens is 262 g/mol. The Kier molecular flexibility index (Phi) is 3.44. The zero-order valence-electron chi connectivity index (χ0n) is 12.1. The Hall–Kier alpha value is -2.62. The van der Waals surface area contributed by atoms with Gasteiger partial charge in [0.25, 0.3) is 5.89 Å². The second-order valence-corrected chi connectivity index (χ2v) is 5.20. The molecule has 0 aliphatic heterocycles. The van der Waals surface area contributed by atoms with Crippen molar-refractivity contribution in [2.75, 3.05) is 5.73 Å². The van der Waals surface area contributed by atoms with Crippen molar-refractivity contribution in [3.63, 3.8) is 0 Å². The Morgan fingerprint density at radius 2 is 1.81 bits per heavy atom. The zero-order valence-corrected chi connectivity index (χ0v) is 12.1. The van der Waals surface area contributed by atoms with Crippen molar-refractivity contribution in [2.24, 2.45) is 0 Å². The molecule has 0 saturated carbocycles. The maximum absolute atomic E-state index is 5.91. The number of anilines is 1. The van der Waals surface area contributed by atoms with Crippen LogP contribution in [0.25, 0.3) is 11.5 Å². The lowest BCUT2D eigenvalue weighted by atomic mass is 10.1. The monoisotopic (exact) mass is 279 g/mol. The lowest BCUT2D eigenvalue weighted by molar-refractivity contribution is 0.423. The van der Waals surface area contributed by atoms with Gasteiger partial charge in [-0.2, -0.15) is 4.98 Å². The summed E-state index contributed by atoms with van der Waals surface area (Å²) in [5, 5.41) is 4.05. The lowest BCUT2D eigenvalue weighted by Crippen LogP contribution is -1.93. The number of hydrogen-bond donors (Lipinski definition) is 1. The summed E-state index contributed by atoms with van der Waals surface area (Å²) in [6, 6.07) is 14.0. The molecule has 0 amide bonds. The van der Waals surface area contributed by atoms with Crippen LogP contribution in [0.3, 0.4) is 0 Å². The van der Waals surface area contributed by atoms with E-state index in [0.29, 0.717) is 18.1 Å². The van der Waals surface area contributed by atoms with E-state index in [1.807, 2.05) is 25.1 Å². The van der Waals surface area contributed by atoms with Crippen LogP contribution in [-0.4, -0.2) is 10.1 Å². The highest BCUT2D eigenvalue weighted by atomic mass is 16.5. The Morgan fingerprint density at radius 1 is 1.05 bits per heavy atom. The van der Waals surface area contributed by atoms with Crippen molar-refractivity contribution in [3.8, 4) is 11.5 Å². The van der Waals surface area contributed by atoms with Crippen molar-refractivity contribution >= 4 is 5.69 Å². The first kappa shape index (κ1) is 13.4. The van der Waals surface area contributed by atoms with Gasteiger partial charge in [-0.3, -0.25) is 0 Å². The van der Waals surface area contributed by atoms with Gasteiger partial charge in [0.15, 0.2) is 5.82 Å². The van der Waals surface area contributed by atoms with E-state index in [1.165, 1.54) is 5.56 Å². The summed E-state index contributed by atoms with van der Waals surface area (Å²) >= 11 is 0. The maximum Gasteiger partial charge on any atom is 0.258 e. The first-order valence-electron chi connectivity index (χ1n) is 6.87. The minimum atomic E-state index is 0.516. The summed E-state index contributed by atoms with van der Waals surface area (Å²) < 4.78 is 5.37. The van der Waals surface area contributed by atoms with Gasteiger partial charge in [-0.1, -0.05) is 41.1 Å². The fourth-order valence-corrected chi connectivity index (χ4v) is 2.21. The van der Waals surface area contributed by atoms with Crippen LogP contribution in [-0.2, 0) is 6.42 Å². The molecule has 4 heteroatoms. The molecule has 0 aliphatic carbocycles. The van der Waals surface area contributed by atoms with Gasteiger partial charge in [-0.05, 0) is 37.1 Å². The predicted octanol–water partition coefficient (Wildman–Crippen LogP) is 3.53. The number of benzene rings is 2. The zero-order chi connectivity index (χ0) is 14.8. The number of nitrogens with two attached hydrogens (primary N) is 1.